The molecule has 15 nitrogen and oxygen atoms in total. The highest BCUT2D eigenvalue weighted by Crippen LogP contribution is 2.52. The molecule has 3 aromatic heterocycles. The molecule has 12 rings (SSSR count). The number of piperidine rings is 1. The Hall–Kier alpha value is -5.08. The molecule has 7 heterocycles. The highest BCUT2D eigenvalue weighted by atomic mass is 79.9. The summed E-state index contributed by atoms with van der Waals surface area (Å²) in [6.07, 6.45) is 12.0. The van der Waals surface area contributed by atoms with Crippen LogP contribution in [0.25, 0.3) is 27.0 Å². The van der Waals surface area contributed by atoms with Crippen LogP contribution in [0, 0.1) is 18.8 Å². The Bertz CT molecular complexity index is 3420. The van der Waals surface area contributed by atoms with Crippen molar-refractivity contribution in [1.82, 2.24) is 39.7 Å². The molecule has 5 fully saturated rings. The lowest BCUT2D eigenvalue weighted by Crippen LogP contribution is -2.50. The van der Waals surface area contributed by atoms with E-state index in [9.17, 15) is 4.79 Å². The van der Waals surface area contributed by atoms with E-state index in [1.807, 2.05) is 44.5 Å². The van der Waals surface area contributed by atoms with Crippen LogP contribution in [0.3, 0.4) is 0 Å². The third-order valence-electron chi connectivity index (χ3n) is 20.5. The van der Waals surface area contributed by atoms with Crippen molar-refractivity contribution in [3.05, 3.63) is 121 Å². The third kappa shape index (κ3) is 12.3. The van der Waals surface area contributed by atoms with Gasteiger partial charge in [-0.2, -0.15) is 4.98 Å². The largest absolute Gasteiger partial charge is 0.472 e. The van der Waals surface area contributed by atoms with Crippen LogP contribution in [0.4, 0.5) is 0 Å². The lowest BCUT2D eigenvalue weighted by molar-refractivity contribution is -0.141. The lowest BCUT2D eigenvalue weighted by Gasteiger charge is -2.38. The SMILES string of the molecule is Cc1ncsc1-c1ccc([C@H](CN2CCOCC2)NC(=O)[C@@H]2C[C@@H](O[Si](C)(C)C(C)(C)C)CN2C(=O)[C@@H](c2cc(OC3CCC(CN4CCC(c5ccc6c(c5)-n5c(nc(=O)c7c(Br)cccc75)C65CCCCC5)CC4)CC3)no2)C(C)C)cc1. The van der Waals surface area contributed by atoms with Crippen LogP contribution in [0.2, 0.25) is 18.1 Å². The van der Waals surface area contributed by atoms with Gasteiger partial charge >= 0.3 is 0 Å². The van der Waals surface area contributed by atoms with Crippen LogP contribution in [0.15, 0.2) is 86.0 Å². The molecule has 6 aromatic rings. The van der Waals surface area contributed by atoms with Crippen LogP contribution in [0.5, 0.6) is 5.88 Å². The van der Waals surface area contributed by atoms with Crippen molar-refractivity contribution < 1.29 is 28.0 Å². The second-order valence-corrected chi connectivity index (χ2v) is 33.8. The Kier molecular flexibility index (Phi) is 17.6. The van der Waals surface area contributed by atoms with Crippen molar-refractivity contribution in [2.45, 2.75) is 178 Å². The molecule has 454 valence electrons. The van der Waals surface area contributed by atoms with Crippen LogP contribution in [0.1, 0.15) is 164 Å². The minimum atomic E-state index is -2.28. The molecule has 0 bridgehead atoms. The van der Waals surface area contributed by atoms with Gasteiger partial charge in [-0.05, 0) is 169 Å². The molecule has 2 aliphatic carbocycles. The number of benzene rings is 3. The van der Waals surface area contributed by atoms with Crippen LogP contribution < -0.4 is 15.6 Å². The van der Waals surface area contributed by atoms with E-state index in [2.05, 4.69) is 128 Å². The maximum Gasteiger partial charge on any atom is 0.281 e. The summed E-state index contributed by atoms with van der Waals surface area (Å²) in [5, 5.41) is 8.50. The number of ether oxygens (including phenoxy) is 2. The standard InChI is InChI=1S/C67H87BrN8O7SSi/c1-42(2)59(64(79)75-39-50(83-85(7,8)66(4,5)6)36-56(75)62(77)70-53(40-74-31-33-80-34-32-74)46-17-19-47(20-18-46)61-43(3)69-41-84-61)57-37-58(72-82-57)81-49-22-15-44(16-23-49)38-73-29-25-45(26-30-73)48-21-24-51-55(35-48)76-54-14-12-13-52(68)60(54)63(78)71-65(76)67(51)27-10-9-11-28-67/h12-14,17-21,24,35,37,41-42,44-45,49-50,53,56,59H,9-11,15-16,22-23,25-34,36,38-40H2,1-8H3,(H,70,77)/t44?,49?,50-,53+,56+,59-/m1/s1. The molecule has 2 amide bonds. The highest BCUT2D eigenvalue weighted by Gasteiger charge is 2.49. The van der Waals surface area contributed by atoms with Gasteiger partial charge in [-0.15, -0.1) is 11.3 Å². The molecule has 85 heavy (non-hydrogen) atoms. The molecular formula is C67H87BrN8O7SSi. The summed E-state index contributed by atoms with van der Waals surface area (Å²) in [5.74, 6) is 1.69. The van der Waals surface area contributed by atoms with Crippen molar-refractivity contribution in [2.75, 3.05) is 59.0 Å². The number of rotatable bonds is 16. The molecule has 1 N–H and O–H groups in total. The predicted molar refractivity (Wildman–Crippen MR) is 340 cm³/mol. The minimum absolute atomic E-state index is 0.00990. The normalized spacial score (nSPS) is 23.1. The number of amides is 2. The number of carbonyl (C=O) groups excluding carboxylic acids is 2. The molecule has 4 aliphatic heterocycles. The quantitative estimate of drug-likeness (QED) is 0.0916. The Labute approximate surface area is 515 Å². The number of morpholine rings is 1. The Morgan fingerprint density at radius 2 is 1.65 bits per heavy atom. The van der Waals surface area contributed by atoms with E-state index in [1.165, 1.54) is 23.2 Å². The van der Waals surface area contributed by atoms with E-state index in [4.69, 9.17) is 23.4 Å². The van der Waals surface area contributed by atoms with Gasteiger partial charge in [0.05, 0.1) is 63.4 Å². The molecule has 0 radical (unpaired) electrons. The summed E-state index contributed by atoms with van der Waals surface area (Å²) in [5.41, 5.74) is 9.52. The second kappa shape index (κ2) is 24.8. The molecule has 2 saturated carbocycles. The van der Waals surface area contributed by atoms with Crippen LogP contribution >= 0.6 is 27.3 Å². The number of thiazole rings is 1. The zero-order valence-corrected chi connectivity index (χ0v) is 54.6. The molecule has 1 spiro atoms. The second-order valence-electron chi connectivity index (χ2n) is 27.4. The summed E-state index contributed by atoms with van der Waals surface area (Å²) in [6.45, 7) is 24.2. The Morgan fingerprint density at radius 1 is 0.906 bits per heavy atom. The first-order valence-electron chi connectivity index (χ1n) is 31.7. The zero-order valence-electron chi connectivity index (χ0n) is 51.2. The number of halogens is 1. The average Bonchev–Trinajstić information content (AvgIpc) is 1.60. The van der Waals surface area contributed by atoms with Gasteiger partial charge in [-0.25, -0.2) is 4.98 Å². The number of carbonyl (C=O) groups is 2. The summed E-state index contributed by atoms with van der Waals surface area (Å²) in [6, 6.07) is 22.5. The van der Waals surface area contributed by atoms with Crippen molar-refractivity contribution in [3.8, 4) is 22.0 Å². The van der Waals surface area contributed by atoms with E-state index in [0.29, 0.717) is 61.6 Å². The fraction of sp³-hybridized carbons (Fsp3) is 0.582. The number of likely N-dealkylation sites (tertiary alicyclic amines) is 2. The number of nitrogens with zero attached hydrogens (tertiary/aromatic N) is 7. The molecule has 6 aliphatic rings. The van der Waals surface area contributed by atoms with Crippen LogP contribution in [-0.2, 0) is 24.2 Å². The molecule has 3 aromatic carbocycles. The summed E-state index contributed by atoms with van der Waals surface area (Å²) < 4.78 is 28.5. The molecule has 3 saturated heterocycles. The van der Waals surface area contributed by atoms with Gasteiger partial charge in [0.25, 0.3) is 11.4 Å². The highest BCUT2D eigenvalue weighted by molar-refractivity contribution is 9.10. The molecule has 0 unspecified atom stereocenters. The monoisotopic (exact) mass is 1250 g/mol. The predicted octanol–water partition coefficient (Wildman–Crippen LogP) is 12.9. The van der Waals surface area contributed by atoms with Gasteiger partial charge in [0.1, 0.15) is 23.9 Å². The Balaban J connectivity index is 0.681. The number of nitrogens with one attached hydrogen (secondary N) is 1. The van der Waals surface area contributed by atoms with Crippen molar-refractivity contribution in [1.29, 1.82) is 0 Å². The van der Waals surface area contributed by atoms with Gasteiger partial charge in [0, 0.05) is 49.7 Å². The fourth-order valence-electron chi connectivity index (χ4n) is 14.7. The topological polar surface area (TPSA) is 157 Å². The number of hydrogen-bond donors (Lipinski definition) is 1. The first-order chi connectivity index (χ1) is 40.8. The summed E-state index contributed by atoms with van der Waals surface area (Å²) in [7, 11) is -2.28. The molecular weight excluding hydrogens is 1170 g/mol. The van der Waals surface area contributed by atoms with E-state index in [0.717, 1.165) is 134 Å². The average molecular weight is 1260 g/mol. The maximum absolute atomic E-state index is 15.3. The number of aromatic nitrogens is 4. The van der Waals surface area contributed by atoms with Gasteiger partial charge in [-0.3, -0.25) is 23.9 Å². The number of fused-ring (bicyclic) bond motifs is 7. The van der Waals surface area contributed by atoms with Gasteiger partial charge in [-0.1, -0.05) is 96.3 Å². The third-order valence-corrected chi connectivity index (χ3v) is 26.7. The zero-order chi connectivity index (χ0) is 59.4. The molecule has 4 atom stereocenters. The van der Waals surface area contributed by atoms with Gasteiger partial charge < -0.3 is 33.5 Å². The molecule has 18 heteroatoms. The smallest absolute Gasteiger partial charge is 0.281 e. The first-order valence-corrected chi connectivity index (χ1v) is 36.2. The van der Waals surface area contributed by atoms with Gasteiger partial charge in [0.2, 0.25) is 11.8 Å². The number of hydrogen-bond acceptors (Lipinski definition) is 13. The Morgan fingerprint density at radius 3 is 2.34 bits per heavy atom. The van der Waals surface area contributed by atoms with E-state index >= 15 is 9.59 Å². The van der Waals surface area contributed by atoms with Crippen molar-refractivity contribution in [3.63, 3.8) is 0 Å². The number of aryl methyl sites for hydroxylation is 1. The van der Waals surface area contributed by atoms with Crippen LogP contribution in [-0.4, -0.2) is 132 Å². The van der Waals surface area contributed by atoms with E-state index in [1.54, 1.807) is 16.2 Å². The van der Waals surface area contributed by atoms with Crippen molar-refractivity contribution in [2.24, 2.45) is 11.8 Å². The summed E-state index contributed by atoms with van der Waals surface area (Å²) >= 11 is 5.31. The first kappa shape index (κ1) is 60.2. The summed E-state index contributed by atoms with van der Waals surface area (Å²) in [4.78, 5) is 61.2. The van der Waals surface area contributed by atoms with Crippen molar-refractivity contribution >= 4 is 58.3 Å². The van der Waals surface area contributed by atoms with E-state index in [-0.39, 0.29) is 52.0 Å². The fourth-order valence-corrected chi connectivity index (χ4v) is 17.4. The minimum Gasteiger partial charge on any atom is -0.472 e. The van der Waals surface area contributed by atoms with E-state index < -0.39 is 20.3 Å². The lowest BCUT2D eigenvalue weighted by atomic mass is 9.69. The van der Waals surface area contributed by atoms with Gasteiger partial charge in [0.15, 0.2) is 14.1 Å². The maximum atomic E-state index is 15.3.